The highest BCUT2D eigenvalue weighted by molar-refractivity contribution is 6.81. The molecule has 19 heavy (non-hydrogen) atoms. The van der Waals surface area contributed by atoms with Crippen LogP contribution in [0.25, 0.3) is 0 Å². The lowest BCUT2D eigenvalue weighted by Gasteiger charge is -2.42. The van der Waals surface area contributed by atoms with E-state index in [0.29, 0.717) is 12.5 Å². The number of allylic oxidation sites excluding steroid dienone is 2. The number of esters is 2. The SMILES string of the molecule is CC(C)C(=O)OC[Si]1(C)COC(=O)C2CCC=CC21. The lowest BCUT2D eigenvalue weighted by molar-refractivity contribution is -0.149. The van der Waals surface area contributed by atoms with Crippen molar-refractivity contribution in [1.29, 1.82) is 0 Å². The van der Waals surface area contributed by atoms with E-state index >= 15 is 0 Å². The number of hydrogen-bond acceptors (Lipinski definition) is 4. The second-order valence-corrected chi connectivity index (χ2v) is 10.7. The fraction of sp³-hybridized carbons (Fsp3) is 0.714. The van der Waals surface area contributed by atoms with Gasteiger partial charge in [-0.3, -0.25) is 9.59 Å². The Hall–Kier alpha value is -1.10. The molecular weight excluding hydrogens is 260 g/mol. The van der Waals surface area contributed by atoms with Crippen molar-refractivity contribution in [3.63, 3.8) is 0 Å². The zero-order valence-corrected chi connectivity index (χ0v) is 12.8. The molecule has 1 aliphatic carbocycles. The first-order valence-corrected chi connectivity index (χ1v) is 9.93. The first kappa shape index (κ1) is 14.3. The minimum Gasteiger partial charge on any atom is -0.469 e. The smallest absolute Gasteiger partial charge is 0.308 e. The molecule has 0 amide bonds. The van der Waals surface area contributed by atoms with Gasteiger partial charge in [0.25, 0.3) is 0 Å². The summed E-state index contributed by atoms with van der Waals surface area (Å²) in [6.07, 6.45) is 7.01. The molecule has 4 nitrogen and oxygen atoms in total. The average Bonchev–Trinajstić information content (AvgIpc) is 2.41. The number of hydrogen-bond donors (Lipinski definition) is 0. The molecule has 3 atom stereocenters. The molecule has 0 saturated carbocycles. The maximum atomic E-state index is 11.8. The van der Waals surface area contributed by atoms with Gasteiger partial charge in [0, 0.05) is 0 Å². The number of carbonyl (C=O) groups excluding carboxylic acids is 2. The maximum absolute atomic E-state index is 11.8. The van der Waals surface area contributed by atoms with Crippen LogP contribution in [0, 0.1) is 11.8 Å². The van der Waals surface area contributed by atoms with E-state index < -0.39 is 8.07 Å². The molecule has 3 unspecified atom stereocenters. The van der Waals surface area contributed by atoms with Crippen molar-refractivity contribution in [2.45, 2.75) is 38.8 Å². The molecule has 1 heterocycles. The highest BCUT2D eigenvalue weighted by atomic mass is 28.3. The number of carbonyl (C=O) groups is 2. The summed E-state index contributed by atoms with van der Waals surface area (Å²) in [5, 5.41) is 0. The zero-order chi connectivity index (χ0) is 14.0. The van der Waals surface area contributed by atoms with Crippen LogP contribution in [-0.4, -0.2) is 32.5 Å². The Morgan fingerprint density at radius 1 is 1.58 bits per heavy atom. The van der Waals surface area contributed by atoms with E-state index in [4.69, 9.17) is 9.47 Å². The van der Waals surface area contributed by atoms with Crippen LogP contribution in [0.1, 0.15) is 26.7 Å². The molecule has 0 radical (unpaired) electrons. The van der Waals surface area contributed by atoms with Crippen LogP contribution >= 0.6 is 0 Å². The first-order chi connectivity index (χ1) is 8.94. The molecule has 106 valence electrons. The lowest BCUT2D eigenvalue weighted by atomic mass is 9.94. The monoisotopic (exact) mass is 282 g/mol. The summed E-state index contributed by atoms with van der Waals surface area (Å²) in [6.45, 7) is 5.83. The molecule has 0 aromatic rings. The molecule has 1 saturated heterocycles. The number of cyclic esters (lactones) is 1. The van der Waals surface area contributed by atoms with Crippen LogP contribution in [0.3, 0.4) is 0 Å². The van der Waals surface area contributed by atoms with Crippen LogP contribution in [0.2, 0.25) is 12.1 Å². The molecular formula is C14H22O4Si. The van der Waals surface area contributed by atoms with Crippen molar-refractivity contribution >= 4 is 20.0 Å². The van der Waals surface area contributed by atoms with E-state index in [1.807, 2.05) is 13.8 Å². The molecule has 2 aliphatic rings. The Bertz CT molecular complexity index is 404. The van der Waals surface area contributed by atoms with Gasteiger partial charge in [-0.15, -0.1) is 0 Å². The number of rotatable bonds is 3. The van der Waals surface area contributed by atoms with Crippen molar-refractivity contribution in [3.8, 4) is 0 Å². The Kier molecular flexibility index (Phi) is 4.13. The molecule has 0 spiro atoms. The predicted molar refractivity (Wildman–Crippen MR) is 74.0 cm³/mol. The third-order valence-corrected chi connectivity index (χ3v) is 7.90. The Morgan fingerprint density at radius 2 is 2.32 bits per heavy atom. The molecule has 0 N–H and O–H groups in total. The van der Waals surface area contributed by atoms with E-state index in [-0.39, 0.29) is 29.3 Å². The average molecular weight is 282 g/mol. The summed E-state index contributed by atoms with van der Waals surface area (Å²) < 4.78 is 10.8. The first-order valence-electron chi connectivity index (χ1n) is 6.94. The standard InChI is InChI=1S/C14H22O4Si/c1-10(2)13(15)17-8-19(3)9-18-14(16)11-6-4-5-7-12(11)19/h5,7,10-12H,4,6,8-9H2,1-3H3. The van der Waals surface area contributed by atoms with Crippen molar-refractivity contribution in [2.75, 3.05) is 12.5 Å². The quantitative estimate of drug-likeness (QED) is 0.452. The van der Waals surface area contributed by atoms with E-state index in [9.17, 15) is 9.59 Å². The second kappa shape index (κ2) is 5.49. The van der Waals surface area contributed by atoms with E-state index in [2.05, 4.69) is 18.7 Å². The fourth-order valence-electron chi connectivity index (χ4n) is 2.79. The summed E-state index contributed by atoms with van der Waals surface area (Å²) in [5.74, 6) is -0.369. The number of ether oxygens (including phenoxy) is 2. The van der Waals surface area contributed by atoms with Gasteiger partial charge in [0.15, 0.2) is 0 Å². The largest absolute Gasteiger partial charge is 0.469 e. The van der Waals surface area contributed by atoms with Gasteiger partial charge in [-0.1, -0.05) is 32.5 Å². The summed E-state index contributed by atoms with van der Waals surface area (Å²) in [7, 11) is -1.92. The molecule has 1 fully saturated rings. The van der Waals surface area contributed by atoms with Crippen LogP contribution in [0.5, 0.6) is 0 Å². The lowest BCUT2D eigenvalue weighted by Crippen LogP contribution is -2.56. The zero-order valence-electron chi connectivity index (χ0n) is 11.8. The summed E-state index contributed by atoms with van der Waals surface area (Å²) in [4.78, 5) is 23.4. The third kappa shape index (κ3) is 2.91. The molecule has 5 heteroatoms. The highest BCUT2D eigenvalue weighted by Gasteiger charge is 2.49. The third-order valence-electron chi connectivity index (χ3n) is 4.09. The molecule has 1 aliphatic heterocycles. The van der Waals surface area contributed by atoms with Crippen LogP contribution in [0.4, 0.5) is 0 Å². The number of fused-ring (bicyclic) bond motifs is 1. The van der Waals surface area contributed by atoms with Crippen LogP contribution in [0.15, 0.2) is 12.2 Å². The van der Waals surface area contributed by atoms with Gasteiger partial charge >= 0.3 is 11.9 Å². The second-order valence-electron chi connectivity index (χ2n) is 6.16. The van der Waals surface area contributed by atoms with Gasteiger partial charge in [0.2, 0.25) is 0 Å². The summed E-state index contributed by atoms with van der Waals surface area (Å²) in [5.41, 5.74) is 0.252. The fourth-order valence-corrected chi connectivity index (χ4v) is 6.08. The Balaban J connectivity index is 2.08. The summed E-state index contributed by atoms with van der Waals surface area (Å²) in [6, 6.07) is 0. The minimum atomic E-state index is -1.92. The Labute approximate surface area is 115 Å². The van der Waals surface area contributed by atoms with Crippen molar-refractivity contribution in [1.82, 2.24) is 0 Å². The van der Waals surface area contributed by atoms with Crippen LogP contribution in [-0.2, 0) is 19.1 Å². The van der Waals surface area contributed by atoms with Gasteiger partial charge in [0.1, 0.15) is 8.07 Å². The molecule has 2 rings (SSSR count). The van der Waals surface area contributed by atoms with Crippen molar-refractivity contribution in [2.24, 2.45) is 11.8 Å². The van der Waals surface area contributed by atoms with E-state index in [0.717, 1.165) is 12.8 Å². The van der Waals surface area contributed by atoms with E-state index in [1.54, 1.807) is 0 Å². The van der Waals surface area contributed by atoms with Crippen molar-refractivity contribution in [3.05, 3.63) is 12.2 Å². The van der Waals surface area contributed by atoms with Crippen LogP contribution < -0.4 is 0 Å². The minimum absolute atomic E-state index is 0.0202. The Morgan fingerprint density at radius 3 is 3.00 bits per heavy atom. The van der Waals surface area contributed by atoms with Gasteiger partial charge in [-0.2, -0.15) is 0 Å². The molecule has 0 aromatic carbocycles. The van der Waals surface area contributed by atoms with Crippen molar-refractivity contribution < 1.29 is 19.1 Å². The van der Waals surface area contributed by atoms with Gasteiger partial charge < -0.3 is 9.47 Å². The highest BCUT2D eigenvalue weighted by Crippen LogP contribution is 2.41. The molecule has 0 bridgehead atoms. The topological polar surface area (TPSA) is 52.6 Å². The maximum Gasteiger partial charge on any atom is 0.308 e. The predicted octanol–water partition coefficient (Wildman–Crippen LogP) is 2.24. The molecule has 0 aromatic heterocycles. The van der Waals surface area contributed by atoms with Gasteiger partial charge in [0.05, 0.1) is 24.3 Å². The normalized spacial score (nSPS) is 33.8. The van der Waals surface area contributed by atoms with Gasteiger partial charge in [-0.05, 0) is 18.4 Å². The summed E-state index contributed by atoms with van der Waals surface area (Å²) >= 11 is 0. The van der Waals surface area contributed by atoms with Gasteiger partial charge in [-0.25, -0.2) is 0 Å². The van der Waals surface area contributed by atoms with E-state index in [1.165, 1.54) is 0 Å².